The van der Waals surface area contributed by atoms with E-state index in [1.165, 1.54) is 36.0 Å². The Hall–Kier alpha value is -0.820. The zero-order valence-corrected chi connectivity index (χ0v) is 9.01. The number of hydrogen-bond acceptors (Lipinski definition) is 1. The van der Waals surface area contributed by atoms with Gasteiger partial charge >= 0.3 is 0 Å². The molecule has 1 aliphatic carbocycles. The van der Waals surface area contributed by atoms with Gasteiger partial charge in [-0.15, -0.1) is 0 Å². The molecule has 1 saturated carbocycles. The van der Waals surface area contributed by atoms with E-state index >= 15 is 0 Å². The molecule has 14 heavy (non-hydrogen) atoms. The molecule has 76 valence electrons. The lowest BCUT2D eigenvalue weighted by Crippen LogP contribution is -2.12. The first-order chi connectivity index (χ1) is 6.72. The summed E-state index contributed by atoms with van der Waals surface area (Å²) in [5.41, 5.74) is 5.30. The first-order valence-electron chi connectivity index (χ1n) is 5.43. The molecule has 1 aromatic carbocycles. The summed E-state index contributed by atoms with van der Waals surface area (Å²) in [6, 6.07) is 4.25. The molecule has 0 radical (unpaired) electrons. The van der Waals surface area contributed by atoms with Crippen molar-refractivity contribution >= 4 is 0 Å². The van der Waals surface area contributed by atoms with Crippen LogP contribution in [0.3, 0.4) is 0 Å². The molecule has 0 spiro atoms. The van der Waals surface area contributed by atoms with Gasteiger partial charge in [0.2, 0.25) is 0 Å². The highest BCUT2D eigenvalue weighted by atomic mass is 16.3. The fraction of sp³-hybridized carbons (Fsp3) is 0.538. The van der Waals surface area contributed by atoms with Crippen molar-refractivity contribution in [1.29, 1.82) is 0 Å². The van der Waals surface area contributed by atoms with Crippen LogP contribution in [0.25, 0.3) is 0 Å². The van der Waals surface area contributed by atoms with Gasteiger partial charge in [0.05, 0.1) is 6.61 Å². The van der Waals surface area contributed by atoms with Crippen LogP contribution in [0.1, 0.15) is 47.4 Å². The van der Waals surface area contributed by atoms with Crippen molar-refractivity contribution in [2.45, 2.75) is 45.6 Å². The molecule has 0 aromatic heterocycles. The number of aliphatic hydroxyl groups is 1. The van der Waals surface area contributed by atoms with Gasteiger partial charge in [0.15, 0.2) is 0 Å². The van der Waals surface area contributed by atoms with Gasteiger partial charge in [-0.1, -0.05) is 18.6 Å². The van der Waals surface area contributed by atoms with E-state index in [0.717, 1.165) is 11.5 Å². The zero-order valence-electron chi connectivity index (χ0n) is 9.01. The molecule has 2 rings (SSSR count). The second kappa shape index (κ2) is 3.74. The van der Waals surface area contributed by atoms with Gasteiger partial charge in [0, 0.05) is 0 Å². The van der Waals surface area contributed by atoms with Crippen LogP contribution in [-0.4, -0.2) is 5.11 Å². The van der Waals surface area contributed by atoms with Gasteiger partial charge in [-0.05, 0) is 54.9 Å². The van der Waals surface area contributed by atoms with E-state index in [4.69, 9.17) is 5.11 Å². The first-order valence-corrected chi connectivity index (χ1v) is 5.43. The second-order valence-corrected chi connectivity index (χ2v) is 4.43. The molecule has 1 N–H and O–H groups in total. The van der Waals surface area contributed by atoms with E-state index in [1.54, 1.807) is 0 Å². The third-order valence-corrected chi connectivity index (χ3v) is 3.35. The third kappa shape index (κ3) is 1.57. The van der Waals surface area contributed by atoms with Gasteiger partial charge < -0.3 is 5.11 Å². The molecule has 0 atom stereocenters. The van der Waals surface area contributed by atoms with Crippen LogP contribution in [0.5, 0.6) is 0 Å². The first kappa shape index (κ1) is 9.72. The number of aliphatic hydroxyl groups excluding tert-OH is 1. The van der Waals surface area contributed by atoms with Crippen LogP contribution in [0, 0.1) is 13.8 Å². The highest BCUT2D eigenvalue weighted by Gasteiger charge is 2.22. The predicted molar refractivity (Wildman–Crippen MR) is 58.4 cm³/mol. The lowest BCUT2D eigenvalue weighted by molar-refractivity contribution is 0.281. The van der Waals surface area contributed by atoms with Crippen molar-refractivity contribution < 1.29 is 5.11 Å². The number of rotatable bonds is 2. The Morgan fingerprint density at radius 3 is 2.14 bits per heavy atom. The van der Waals surface area contributed by atoms with E-state index in [1.807, 2.05) is 0 Å². The normalized spacial score (nSPS) is 16.8. The van der Waals surface area contributed by atoms with Crippen molar-refractivity contribution in [3.05, 3.63) is 34.4 Å². The minimum atomic E-state index is 0.159. The summed E-state index contributed by atoms with van der Waals surface area (Å²) in [7, 11) is 0. The van der Waals surface area contributed by atoms with Gasteiger partial charge in [-0.3, -0.25) is 0 Å². The maximum atomic E-state index is 9.09. The molecule has 0 unspecified atom stereocenters. The Labute approximate surface area is 85.8 Å². The lowest BCUT2D eigenvalue weighted by Gasteiger charge is -2.29. The average Bonchev–Trinajstić information content (AvgIpc) is 2.07. The van der Waals surface area contributed by atoms with E-state index in [9.17, 15) is 0 Å². The molecule has 0 saturated heterocycles. The zero-order chi connectivity index (χ0) is 10.1. The largest absolute Gasteiger partial charge is 0.392 e. The lowest BCUT2D eigenvalue weighted by atomic mass is 9.76. The fourth-order valence-corrected chi connectivity index (χ4v) is 2.50. The Morgan fingerprint density at radius 1 is 1.21 bits per heavy atom. The van der Waals surface area contributed by atoms with Gasteiger partial charge in [-0.25, -0.2) is 0 Å². The van der Waals surface area contributed by atoms with Crippen LogP contribution >= 0.6 is 0 Å². The molecular weight excluding hydrogens is 172 g/mol. The Morgan fingerprint density at radius 2 is 1.79 bits per heavy atom. The smallest absolute Gasteiger partial charge is 0.0682 e. The molecule has 1 aromatic rings. The van der Waals surface area contributed by atoms with Crippen LogP contribution < -0.4 is 0 Å². The highest BCUT2D eigenvalue weighted by molar-refractivity contribution is 5.40. The Balaban J connectivity index is 2.39. The molecular formula is C13H18O. The molecule has 1 aliphatic rings. The summed E-state index contributed by atoms with van der Waals surface area (Å²) in [6.07, 6.45) is 4.08. The van der Waals surface area contributed by atoms with Crippen LogP contribution in [0.4, 0.5) is 0 Å². The summed E-state index contributed by atoms with van der Waals surface area (Å²) in [6.45, 7) is 4.49. The number of hydrogen-bond donors (Lipinski definition) is 1. The van der Waals surface area contributed by atoms with Crippen LogP contribution in [0.2, 0.25) is 0 Å². The van der Waals surface area contributed by atoms with Gasteiger partial charge in [-0.2, -0.15) is 0 Å². The quantitative estimate of drug-likeness (QED) is 0.760. The minimum absolute atomic E-state index is 0.159. The summed E-state index contributed by atoms with van der Waals surface area (Å²) < 4.78 is 0. The van der Waals surface area contributed by atoms with E-state index in [0.29, 0.717) is 0 Å². The van der Waals surface area contributed by atoms with E-state index in [-0.39, 0.29) is 6.61 Å². The van der Waals surface area contributed by atoms with Crippen molar-refractivity contribution in [3.8, 4) is 0 Å². The monoisotopic (exact) mass is 190 g/mol. The number of benzene rings is 1. The highest BCUT2D eigenvalue weighted by Crippen LogP contribution is 2.39. The molecule has 1 heteroatoms. The average molecular weight is 190 g/mol. The maximum absolute atomic E-state index is 9.09. The van der Waals surface area contributed by atoms with Gasteiger partial charge in [0.1, 0.15) is 0 Å². The maximum Gasteiger partial charge on any atom is 0.0682 e. The molecule has 0 aliphatic heterocycles. The van der Waals surface area contributed by atoms with Crippen LogP contribution in [0.15, 0.2) is 12.1 Å². The summed E-state index contributed by atoms with van der Waals surface area (Å²) >= 11 is 0. The summed E-state index contributed by atoms with van der Waals surface area (Å²) in [4.78, 5) is 0. The van der Waals surface area contributed by atoms with Crippen molar-refractivity contribution in [3.63, 3.8) is 0 Å². The Bertz CT molecular complexity index is 314. The van der Waals surface area contributed by atoms with Crippen molar-refractivity contribution in [1.82, 2.24) is 0 Å². The number of aryl methyl sites for hydroxylation is 2. The second-order valence-electron chi connectivity index (χ2n) is 4.43. The SMILES string of the molecule is Cc1cc(CO)cc(C)c1C1CCC1. The fourth-order valence-electron chi connectivity index (χ4n) is 2.50. The summed E-state index contributed by atoms with van der Waals surface area (Å²) in [5, 5.41) is 9.09. The summed E-state index contributed by atoms with van der Waals surface area (Å²) in [5.74, 6) is 0.794. The third-order valence-electron chi connectivity index (χ3n) is 3.35. The van der Waals surface area contributed by atoms with Crippen LogP contribution in [-0.2, 0) is 6.61 Å². The molecule has 0 bridgehead atoms. The van der Waals surface area contributed by atoms with E-state index in [2.05, 4.69) is 26.0 Å². The molecule has 1 nitrogen and oxygen atoms in total. The Kier molecular flexibility index (Phi) is 2.60. The van der Waals surface area contributed by atoms with Gasteiger partial charge in [0.25, 0.3) is 0 Å². The van der Waals surface area contributed by atoms with Crippen molar-refractivity contribution in [2.75, 3.05) is 0 Å². The van der Waals surface area contributed by atoms with E-state index < -0.39 is 0 Å². The molecule has 0 amide bonds. The molecule has 0 heterocycles. The molecule has 1 fully saturated rings. The van der Waals surface area contributed by atoms with Crippen molar-refractivity contribution in [2.24, 2.45) is 0 Å². The minimum Gasteiger partial charge on any atom is -0.392 e. The topological polar surface area (TPSA) is 20.2 Å². The predicted octanol–water partition coefficient (Wildman–Crippen LogP) is 3.06. The standard InChI is InChI=1S/C13H18O/c1-9-6-11(8-14)7-10(2)13(9)12-4-3-5-12/h6-7,12,14H,3-5,8H2,1-2H3.